The molecule has 0 spiro atoms. The van der Waals surface area contributed by atoms with Crippen LogP contribution in [-0.4, -0.2) is 39.7 Å². The van der Waals surface area contributed by atoms with E-state index in [9.17, 15) is 9.18 Å². The number of nitrogens with zero attached hydrogens (tertiary/aromatic N) is 3. The van der Waals surface area contributed by atoms with Crippen LogP contribution in [0.1, 0.15) is 34.3 Å². The van der Waals surface area contributed by atoms with Crippen LogP contribution in [0.2, 0.25) is 0 Å². The maximum Gasteiger partial charge on any atom is 0.251 e. The molecule has 6 nitrogen and oxygen atoms in total. The summed E-state index contributed by atoms with van der Waals surface area (Å²) in [5, 5.41) is 3.79. The van der Waals surface area contributed by atoms with Crippen molar-refractivity contribution in [1.82, 2.24) is 19.9 Å². The fourth-order valence-electron chi connectivity index (χ4n) is 4.04. The fourth-order valence-corrected chi connectivity index (χ4v) is 5.01. The molecule has 1 fully saturated rings. The first kappa shape index (κ1) is 22.6. The second-order valence-electron chi connectivity index (χ2n) is 8.31. The molecule has 5 rings (SSSR count). The van der Waals surface area contributed by atoms with Gasteiger partial charge in [0.15, 0.2) is 5.16 Å². The zero-order valence-electron chi connectivity index (χ0n) is 18.6. The summed E-state index contributed by atoms with van der Waals surface area (Å²) in [6, 6.07) is 16.1. The van der Waals surface area contributed by atoms with Crippen molar-refractivity contribution in [3.05, 3.63) is 89.5 Å². The highest BCUT2D eigenvalue weighted by atomic mass is 32.2. The second kappa shape index (κ2) is 10.4. The van der Waals surface area contributed by atoms with Crippen molar-refractivity contribution in [3.8, 4) is 0 Å². The first-order valence-corrected chi connectivity index (χ1v) is 12.3. The molecule has 1 aliphatic rings. The quantitative estimate of drug-likeness (QED) is 0.369. The molecule has 0 radical (unpaired) electrons. The molecule has 1 atom stereocenters. The van der Waals surface area contributed by atoms with Crippen molar-refractivity contribution in [3.63, 3.8) is 0 Å². The third-order valence-corrected chi connectivity index (χ3v) is 6.89. The van der Waals surface area contributed by atoms with Crippen molar-refractivity contribution in [2.24, 2.45) is 0 Å². The maximum atomic E-state index is 13.7. The summed E-state index contributed by atoms with van der Waals surface area (Å²) >= 11 is 1.60. The molecule has 0 bridgehead atoms. The van der Waals surface area contributed by atoms with E-state index in [1.165, 1.54) is 6.07 Å². The van der Waals surface area contributed by atoms with Gasteiger partial charge in [-0.3, -0.25) is 9.78 Å². The lowest BCUT2D eigenvalue weighted by molar-refractivity contribution is 0.0858. The lowest BCUT2D eigenvalue weighted by atomic mass is 10.1. The van der Waals surface area contributed by atoms with Crippen molar-refractivity contribution in [1.29, 1.82) is 0 Å². The molecule has 0 aliphatic carbocycles. The number of hydrogen-bond donors (Lipinski definition) is 1. The number of thioether (sulfide) groups is 1. The Morgan fingerprint density at radius 2 is 2.06 bits per heavy atom. The van der Waals surface area contributed by atoms with E-state index >= 15 is 0 Å². The molecule has 1 N–H and O–H groups in total. The van der Waals surface area contributed by atoms with Crippen LogP contribution in [0.5, 0.6) is 0 Å². The van der Waals surface area contributed by atoms with E-state index in [1.807, 2.05) is 36.4 Å². The number of hydrogen-bond acceptors (Lipinski definition) is 5. The normalized spacial score (nSPS) is 15.6. The molecule has 1 saturated heterocycles. The number of carbonyl (C=O) groups is 1. The summed E-state index contributed by atoms with van der Waals surface area (Å²) in [6.07, 6.45) is 5.69. The third kappa shape index (κ3) is 5.29. The van der Waals surface area contributed by atoms with Crippen LogP contribution in [0, 0.1) is 5.82 Å². The van der Waals surface area contributed by atoms with Gasteiger partial charge in [0.05, 0.1) is 29.9 Å². The highest BCUT2D eigenvalue weighted by Gasteiger charge is 2.17. The number of imidazole rings is 1. The van der Waals surface area contributed by atoms with E-state index in [4.69, 9.17) is 9.72 Å². The van der Waals surface area contributed by atoms with Crippen LogP contribution in [0.3, 0.4) is 0 Å². The van der Waals surface area contributed by atoms with Crippen LogP contribution in [-0.2, 0) is 17.0 Å². The fraction of sp³-hybridized carbons (Fsp3) is 0.269. The summed E-state index contributed by atoms with van der Waals surface area (Å²) in [5.41, 5.74) is 4.35. The van der Waals surface area contributed by atoms with Crippen LogP contribution in [0.15, 0.2) is 72.1 Å². The Bertz CT molecular complexity index is 1290. The van der Waals surface area contributed by atoms with Crippen molar-refractivity contribution >= 4 is 28.7 Å². The summed E-state index contributed by atoms with van der Waals surface area (Å²) < 4.78 is 21.3. The number of ether oxygens (including phenoxy) is 1. The zero-order chi connectivity index (χ0) is 23.3. The predicted molar refractivity (Wildman–Crippen MR) is 130 cm³/mol. The average molecular weight is 477 g/mol. The highest BCUT2D eigenvalue weighted by molar-refractivity contribution is 7.98. The summed E-state index contributed by atoms with van der Waals surface area (Å²) in [5.74, 6) is 0.353. The topological polar surface area (TPSA) is 69.0 Å². The van der Waals surface area contributed by atoms with Crippen LogP contribution < -0.4 is 5.32 Å². The minimum Gasteiger partial charge on any atom is -0.376 e. The maximum absolute atomic E-state index is 13.7. The van der Waals surface area contributed by atoms with Crippen molar-refractivity contribution in [2.45, 2.75) is 36.4 Å². The van der Waals surface area contributed by atoms with Crippen molar-refractivity contribution < 1.29 is 13.9 Å². The first-order chi connectivity index (χ1) is 16.7. The Morgan fingerprint density at radius 3 is 2.85 bits per heavy atom. The molecule has 1 amide bonds. The monoisotopic (exact) mass is 476 g/mol. The molecule has 1 unspecified atom stereocenters. The van der Waals surface area contributed by atoms with Gasteiger partial charge in [0, 0.05) is 30.7 Å². The molecule has 1 aliphatic heterocycles. The van der Waals surface area contributed by atoms with E-state index in [1.54, 1.807) is 36.3 Å². The number of rotatable bonds is 8. The largest absolute Gasteiger partial charge is 0.376 e. The molecule has 0 saturated carbocycles. The summed E-state index contributed by atoms with van der Waals surface area (Å²) in [4.78, 5) is 21.4. The van der Waals surface area contributed by atoms with Gasteiger partial charge in [0.2, 0.25) is 0 Å². The first-order valence-electron chi connectivity index (χ1n) is 11.3. The highest BCUT2D eigenvalue weighted by Crippen LogP contribution is 2.27. The van der Waals surface area contributed by atoms with Gasteiger partial charge in [0.25, 0.3) is 5.91 Å². The number of carbonyl (C=O) groups excluding carboxylic acids is 1. The Hall–Kier alpha value is -3.23. The SMILES string of the molecule is O=C(NCC1CCCO1)c1ccc(CSc2nc3ccncc3n2Cc2cccc(F)c2)cc1. The number of nitrogens with one attached hydrogen (secondary N) is 1. The van der Waals surface area contributed by atoms with Gasteiger partial charge in [-0.25, -0.2) is 9.37 Å². The van der Waals surface area contributed by atoms with Gasteiger partial charge in [-0.1, -0.05) is 36.0 Å². The number of amides is 1. The van der Waals surface area contributed by atoms with Crippen molar-refractivity contribution in [2.75, 3.05) is 13.2 Å². The lowest BCUT2D eigenvalue weighted by Crippen LogP contribution is -2.31. The predicted octanol–water partition coefficient (Wildman–Crippen LogP) is 4.82. The van der Waals surface area contributed by atoms with Crippen LogP contribution in [0.4, 0.5) is 4.39 Å². The van der Waals surface area contributed by atoms with Gasteiger partial charge in [0.1, 0.15) is 5.82 Å². The van der Waals surface area contributed by atoms with Crippen LogP contribution >= 0.6 is 11.8 Å². The molecular formula is C26H25FN4O2S. The lowest BCUT2D eigenvalue weighted by Gasteiger charge is -2.11. The number of aromatic nitrogens is 3. The Morgan fingerprint density at radius 1 is 1.18 bits per heavy atom. The van der Waals surface area contributed by atoms with Gasteiger partial charge >= 0.3 is 0 Å². The molecule has 3 heterocycles. The van der Waals surface area contributed by atoms with E-state index in [2.05, 4.69) is 14.9 Å². The summed E-state index contributed by atoms with van der Waals surface area (Å²) in [7, 11) is 0. The van der Waals surface area contributed by atoms with Gasteiger partial charge in [-0.05, 0) is 54.3 Å². The summed E-state index contributed by atoms with van der Waals surface area (Å²) in [6.45, 7) is 1.83. The van der Waals surface area contributed by atoms with E-state index < -0.39 is 0 Å². The molecule has 8 heteroatoms. The molecular weight excluding hydrogens is 451 g/mol. The third-order valence-electron chi connectivity index (χ3n) is 5.84. The van der Waals surface area contributed by atoms with Gasteiger partial charge in [-0.2, -0.15) is 0 Å². The van der Waals surface area contributed by atoms with E-state index in [-0.39, 0.29) is 17.8 Å². The standard InChI is InChI=1S/C26H25FN4O2S/c27-21-4-1-3-19(13-21)16-31-24-15-28-11-10-23(24)30-26(31)34-17-18-6-8-20(9-7-18)25(32)29-14-22-5-2-12-33-22/h1,3-4,6-11,13,15,22H,2,5,12,14,16-17H2,(H,29,32). The van der Waals surface area contributed by atoms with E-state index in [0.717, 1.165) is 46.8 Å². The Kier molecular flexibility index (Phi) is 6.87. The number of pyridine rings is 1. The number of fused-ring (bicyclic) bond motifs is 1. The number of halogens is 1. The molecule has 34 heavy (non-hydrogen) atoms. The van der Waals surface area contributed by atoms with Gasteiger partial charge in [-0.15, -0.1) is 0 Å². The van der Waals surface area contributed by atoms with E-state index in [0.29, 0.717) is 24.4 Å². The number of benzene rings is 2. The Balaban J connectivity index is 1.27. The minimum absolute atomic E-state index is 0.0842. The average Bonchev–Trinajstić information content (AvgIpc) is 3.50. The zero-order valence-corrected chi connectivity index (χ0v) is 19.4. The van der Waals surface area contributed by atoms with Crippen LogP contribution in [0.25, 0.3) is 11.0 Å². The Labute approximate surface area is 201 Å². The molecule has 4 aromatic rings. The minimum atomic E-state index is -0.255. The van der Waals surface area contributed by atoms with Gasteiger partial charge < -0.3 is 14.6 Å². The molecule has 2 aromatic carbocycles. The smallest absolute Gasteiger partial charge is 0.251 e. The molecule has 174 valence electrons. The molecule has 2 aromatic heterocycles. The second-order valence-corrected chi connectivity index (χ2v) is 9.25.